The molecule has 16 heavy (non-hydrogen) atoms. The van der Waals surface area contributed by atoms with Crippen molar-refractivity contribution in [3.63, 3.8) is 0 Å². The van der Waals surface area contributed by atoms with Gasteiger partial charge in [0.2, 0.25) is 0 Å². The molecule has 0 saturated carbocycles. The normalized spacial score (nSPS) is 10.8. The van der Waals surface area contributed by atoms with Gasteiger partial charge in [-0.3, -0.25) is 0 Å². The van der Waals surface area contributed by atoms with E-state index in [1.807, 2.05) is 24.3 Å². The number of thioether (sulfide) groups is 1. The molecule has 0 aromatic heterocycles. The zero-order valence-corrected chi connectivity index (χ0v) is 10.6. The van der Waals surface area contributed by atoms with Crippen LogP contribution in [0.2, 0.25) is 0 Å². The summed E-state index contributed by atoms with van der Waals surface area (Å²) in [6.45, 7) is -0.0291. The molecule has 0 aliphatic heterocycles. The fourth-order valence-electron chi connectivity index (χ4n) is 1.00. The molecule has 0 fully saturated rings. The highest BCUT2D eigenvalue weighted by atomic mass is 35.5. The lowest BCUT2D eigenvalue weighted by molar-refractivity contribution is 0.413. The van der Waals surface area contributed by atoms with Gasteiger partial charge >= 0.3 is 0 Å². The number of hydrogen-bond donors (Lipinski definition) is 1. The van der Waals surface area contributed by atoms with Crippen molar-refractivity contribution in [3.8, 4) is 5.75 Å². The molecule has 2 nitrogen and oxygen atoms in total. The smallest absolute Gasteiger partial charge is 0.119 e. The molecular formula is C11H15ClFNOS. The quantitative estimate of drug-likeness (QED) is 0.830. The van der Waals surface area contributed by atoms with Gasteiger partial charge in [-0.2, -0.15) is 0 Å². The van der Waals surface area contributed by atoms with E-state index in [-0.39, 0.29) is 24.8 Å². The summed E-state index contributed by atoms with van der Waals surface area (Å²) in [5.41, 5.74) is 5.12. The van der Waals surface area contributed by atoms with Crippen LogP contribution in [0.25, 0.3) is 0 Å². The number of ether oxygens (including phenoxy) is 1. The summed E-state index contributed by atoms with van der Waals surface area (Å²) in [5.74, 6) is 1.12. The van der Waals surface area contributed by atoms with Gasteiger partial charge in [0.05, 0.1) is 7.11 Å². The third-order valence-electron chi connectivity index (χ3n) is 1.79. The Morgan fingerprint density at radius 1 is 1.56 bits per heavy atom. The van der Waals surface area contributed by atoms with Gasteiger partial charge < -0.3 is 10.5 Å². The van der Waals surface area contributed by atoms with Crippen LogP contribution in [-0.2, 0) is 0 Å². The van der Waals surface area contributed by atoms with Gasteiger partial charge in [-0.05, 0) is 24.3 Å². The fraction of sp³-hybridized carbons (Fsp3) is 0.273. The molecule has 5 heteroatoms. The third-order valence-corrected chi connectivity index (χ3v) is 2.71. The minimum absolute atomic E-state index is 0. The van der Waals surface area contributed by atoms with E-state index in [0.717, 1.165) is 10.6 Å². The molecule has 0 spiro atoms. The number of hydrogen-bond acceptors (Lipinski definition) is 3. The van der Waals surface area contributed by atoms with Gasteiger partial charge in [0.15, 0.2) is 0 Å². The minimum Gasteiger partial charge on any atom is -0.497 e. The van der Waals surface area contributed by atoms with Gasteiger partial charge in [-0.1, -0.05) is 6.07 Å². The minimum atomic E-state index is -0.273. The number of benzene rings is 1. The van der Waals surface area contributed by atoms with Crippen molar-refractivity contribution >= 4 is 24.2 Å². The van der Waals surface area contributed by atoms with E-state index in [0.29, 0.717) is 5.75 Å². The Bertz CT molecular complexity index is 347. The Morgan fingerprint density at radius 3 is 2.94 bits per heavy atom. The maximum Gasteiger partial charge on any atom is 0.119 e. The van der Waals surface area contributed by atoms with E-state index >= 15 is 0 Å². The monoisotopic (exact) mass is 263 g/mol. The van der Waals surface area contributed by atoms with Gasteiger partial charge in [-0.15, -0.1) is 24.2 Å². The second-order valence-electron chi connectivity index (χ2n) is 2.85. The Labute approximate surface area is 105 Å². The van der Waals surface area contributed by atoms with Gasteiger partial charge in [0.25, 0.3) is 0 Å². The van der Waals surface area contributed by atoms with Gasteiger partial charge in [0.1, 0.15) is 11.6 Å². The third kappa shape index (κ3) is 5.39. The SMILES string of the molecule is COc1cccc(SC/C=C(\F)CN)c1.Cl. The lowest BCUT2D eigenvalue weighted by Gasteiger charge is -2.02. The largest absolute Gasteiger partial charge is 0.497 e. The molecule has 0 aliphatic carbocycles. The van der Waals surface area contributed by atoms with Crippen LogP contribution in [0.3, 0.4) is 0 Å². The highest BCUT2D eigenvalue weighted by Crippen LogP contribution is 2.22. The average Bonchev–Trinajstić information content (AvgIpc) is 2.29. The number of rotatable bonds is 5. The van der Waals surface area contributed by atoms with Crippen LogP contribution in [0, 0.1) is 0 Å². The van der Waals surface area contributed by atoms with Crippen LogP contribution in [-0.4, -0.2) is 19.4 Å². The Morgan fingerprint density at radius 2 is 2.31 bits per heavy atom. The number of halogens is 2. The lowest BCUT2D eigenvalue weighted by atomic mass is 10.3. The molecule has 0 radical (unpaired) electrons. The lowest BCUT2D eigenvalue weighted by Crippen LogP contribution is -1.98. The van der Waals surface area contributed by atoms with Crippen LogP contribution in [0.4, 0.5) is 4.39 Å². The first-order valence-electron chi connectivity index (χ1n) is 4.57. The van der Waals surface area contributed by atoms with Crippen LogP contribution in [0.15, 0.2) is 41.1 Å². The second-order valence-corrected chi connectivity index (χ2v) is 3.94. The molecular weight excluding hydrogens is 249 g/mol. The second kappa shape index (κ2) is 8.44. The highest BCUT2D eigenvalue weighted by Gasteiger charge is 1.96. The first kappa shape index (κ1) is 15.3. The first-order valence-corrected chi connectivity index (χ1v) is 5.56. The number of methoxy groups -OCH3 is 1. The van der Waals surface area contributed by atoms with Crippen LogP contribution in [0.5, 0.6) is 5.75 Å². The fourth-order valence-corrected chi connectivity index (χ4v) is 1.83. The van der Waals surface area contributed by atoms with Crippen molar-refractivity contribution in [1.82, 2.24) is 0 Å². The standard InChI is InChI=1S/C11H14FNOS.ClH/c1-14-10-3-2-4-11(7-10)15-6-5-9(12)8-13;/h2-5,7H,6,8,13H2,1H3;1H/b9-5-;. The van der Waals surface area contributed by atoms with E-state index in [1.165, 1.54) is 6.08 Å². The number of nitrogens with two attached hydrogens (primary N) is 1. The highest BCUT2D eigenvalue weighted by molar-refractivity contribution is 7.99. The Balaban J connectivity index is 0.00000225. The van der Waals surface area contributed by atoms with Gasteiger partial charge in [-0.25, -0.2) is 4.39 Å². The maximum absolute atomic E-state index is 12.7. The molecule has 1 aromatic carbocycles. The zero-order chi connectivity index (χ0) is 11.1. The average molecular weight is 264 g/mol. The molecule has 0 aliphatic rings. The van der Waals surface area contributed by atoms with Crippen molar-refractivity contribution in [1.29, 1.82) is 0 Å². The summed E-state index contributed by atoms with van der Waals surface area (Å²) in [4.78, 5) is 1.05. The van der Waals surface area contributed by atoms with E-state index < -0.39 is 0 Å². The summed E-state index contributed by atoms with van der Waals surface area (Å²) in [6.07, 6.45) is 1.49. The maximum atomic E-state index is 12.7. The van der Waals surface area contributed by atoms with Crippen molar-refractivity contribution in [2.45, 2.75) is 4.90 Å². The summed E-state index contributed by atoms with van der Waals surface area (Å²) < 4.78 is 17.8. The molecule has 0 atom stereocenters. The molecule has 0 saturated heterocycles. The summed E-state index contributed by atoms with van der Waals surface area (Å²) in [7, 11) is 1.62. The summed E-state index contributed by atoms with van der Waals surface area (Å²) in [6, 6.07) is 7.66. The molecule has 0 amide bonds. The van der Waals surface area contributed by atoms with Crippen molar-refractivity contribution in [3.05, 3.63) is 36.2 Å². The van der Waals surface area contributed by atoms with Crippen LogP contribution in [0.1, 0.15) is 0 Å². The van der Waals surface area contributed by atoms with Gasteiger partial charge in [0, 0.05) is 17.2 Å². The van der Waals surface area contributed by atoms with Crippen LogP contribution >= 0.6 is 24.2 Å². The molecule has 1 aromatic rings. The zero-order valence-electron chi connectivity index (χ0n) is 8.98. The first-order chi connectivity index (χ1) is 7.26. The molecule has 90 valence electrons. The van der Waals surface area contributed by atoms with E-state index in [2.05, 4.69) is 0 Å². The van der Waals surface area contributed by atoms with Crippen molar-refractivity contribution < 1.29 is 9.13 Å². The Hall–Kier alpha value is -0.710. The van der Waals surface area contributed by atoms with Crippen LogP contribution < -0.4 is 10.5 Å². The summed E-state index contributed by atoms with van der Waals surface area (Å²) >= 11 is 1.54. The van der Waals surface area contributed by atoms with E-state index in [9.17, 15) is 4.39 Å². The molecule has 0 heterocycles. The van der Waals surface area contributed by atoms with E-state index in [1.54, 1.807) is 18.9 Å². The van der Waals surface area contributed by atoms with Crippen molar-refractivity contribution in [2.75, 3.05) is 19.4 Å². The molecule has 0 unspecified atom stereocenters. The van der Waals surface area contributed by atoms with E-state index in [4.69, 9.17) is 10.5 Å². The molecule has 2 N–H and O–H groups in total. The van der Waals surface area contributed by atoms with Crippen molar-refractivity contribution in [2.24, 2.45) is 5.73 Å². The topological polar surface area (TPSA) is 35.2 Å². The predicted molar refractivity (Wildman–Crippen MR) is 69.2 cm³/mol. The predicted octanol–water partition coefficient (Wildman–Crippen LogP) is 3.02. The Kier molecular flexibility index (Phi) is 8.07. The summed E-state index contributed by atoms with van der Waals surface area (Å²) in [5, 5.41) is 0. The molecule has 1 rings (SSSR count). The molecule has 0 bridgehead atoms.